The summed E-state index contributed by atoms with van der Waals surface area (Å²) < 4.78 is 11.2. The zero-order valence-corrected chi connectivity index (χ0v) is 11.5. The molecule has 5 nitrogen and oxygen atoms in total. The number of amides is 1. The minimum absolute atomic E-state index is 0.332. The van der Waals surface area contributed by atoms with Crippen LogP contribution in [0.4, 0.5) is 0 Å². The van der Waals surface area contributed by atoms with Crippen LogP contribution in [0, 0.1) is 0 Å². The molecule has 0 fully saturated rings. The third kappa shape index (κ3) is 4.44. The van der Waals surface area contributed by atoms with Crippen molar-refractivity contribution in [3.8, 4) is 11.5 Å². The van der Waals surface area contributed by atoms with E-state index < -0.39 is 12.0 Å². The lowest BCUT2D eigenvalue weighted by Gasteiger charge is -2.17. The molecule has 1 atom stereocenters. The summed E-state index contributed by atoms with van der Waals surface area (Å²) in [5, 5.41) is 0. The first-order chi connectivity index (χ1) is 9.12. The molecule has 1 amide bonds. The van der Waals surface area contributed by atoms with E-state index in [2.05, 4.69) is 0 Å². The lowest BCUT2D eigenvalue weighted by atomic mass is 10.2. The molecule has 1 unspecified atom stereocenters. The molecular weight excluding hydrogens is 244 g/mol. The molecule has 1 rings (SSSR count). The molecule has 0 heterocycles. The molecule has 4 N–H and O–H groups in total. The van der Waals surface area contributed by atoms with Crippen LogP contribution < -0.4 is 20.9 Å². The summed E-state index contributed by atoms with van der Waals surface area (Å²) in [7, 11) is 0. The van der Waals surface area contributed by atoms with E-state index in [0.717, 1.165) is 12.0 Å². The fourth-order valence-corrected chi connectivity index (χ4v) is 1.62. The minimum Gasteiger partial charge on any atom is -0.493 e. The highest BCUT2D eigenvalue weighted by Gasteiger charge is 2.16. The molecular formula is C14H22N2O3. The van der Waals surface area contributed by atoms with Gasteiger partial charge in [-0.25, -0.2) is 0 Å². The zero-order valence-electron chi connectivity index (χ0n) is 11.5. The molecule has 1 aromatic carbocycles. The Balaban J connectivity index is 2.91. The van der Waals surface area contributed by atoms with Crippen molar-refractivity contribution < 1.29 is 14.3 Å². The molecule has 106 valence electrons. The van der Waals surface area contributed by atoms with Crippen LogP contribution >= 0.6 is 0 Å². The van der Waals surface area contributed by atoms with Crippen molar-refractivity contribution in [1.29, 1.82) is 0 Å². The number of benzene rings is 1. The van der Waals surface area contributed by atoms with Crippen LogP contribution in [0.15, 0.2) is 18.2 Å². The molecule has 1 aromatic rings. The van der Waals surface area contributed by atoms with Gasteiger partial charge in [0.1, 0.15) is 11.5 Å². The van der Waals surface area contributed by atoms with Gasteiger partial charge < -0.3 is 20.9 Å². The van der Waals surface area contributed by atoms with Crippen LogP contribution in [0.3, 0.4) is 0 Å². The molecule has 0 aliphatic carbocycles. The summed E-state index contributed by atoms with van der Waals surface area (Å²) in [4.78, 5) is 11.2. The van der Waals surface area contributed by atoms with Gasteiger partial charge in [0.05, 0.1) is 6.61 Å². The van der Waals surface area contributed by atoms with Crippen LogP contribution in [-0.4, -0.2) is 18.6 Å². The molecule has 19 heavy (non-hydrogen) atoms. The van der Waals surface area contributed by atoms with Crippen molar-refractivity contribution in [1.82, 2.24) is 0 Å². The van der Waals surface area contributed by atoms with Crippen molar-refractivity contribution in [3.63, 3.8) is 0 Å². The fourth-order valence-electron chi connectivity index (χ4n) is 1.62. The van der Waals surface area contributed by atoms with Crippen LogP contribution in [0.5, 0.6) is 11.5 Å². The third-order valence-corrected chi connectivity index (χ3v) is 2.69. The van der Waals surface area contributed by atoms with Gasteiger partial charge in [-0.15, -0.1) is 0 Å². The first kappa shape index (κ1) is 15.3. The highest BCUT2D eigenvalue weighted by molar-refractivity contribution is 5.79. The van der Waals surface area contributed by atoms with Gasteiger partial charge in [-0.1, -0.05) is 19.9 Å². The van der Waals surface area contributed by atoms with Gasteiger partial charge in [0, 0.05) is 18.2 Å². The standard InChI is InChI=1S/C14H22N2O3/c1-3-7-18-11-6-5-10(9-15)13(8-11)19-12(4-2)14(16)17/h5-6,8,12H,3-4,7,9,15H2,1-2H3,(H2,16,17). The Kier molecular flexibility index (Phi) is 6.15. The molecule has 0 aliphatic heterocycles. The van der Waals surface area contributed by atoms with E-state index in [1.807, 2.05) is 26.0 Å². The van der Waals surface area contributed by atoms with Crippen LogP contribution in [0.25, 0.3) is 0 Å². The Morgan fingerprint density at radius 2 is 2.11 bits per heavy atom. The van der Waals surface area contributed by atoms with Crippen LogP contribution in [0.1, 0.15) is 32.3 Å². The fraction of sp³-hybridized carbons (Fsp3) is 0.500. The summed E-state index contributed by atoms with van der Waals surface area (Å²) in [6, 6.07) is 5.44. The molecule has 0 saturated carbocycles. The second kappa shape index (κ2) is 7.63. The van der Waals surface area contributed by atoms with Crippen molar-refractivity contribution in [2.24, 2.45) is 11.5 Å². The van der Waals surface area contributed by atoms with E-state index in [9.17, 15) is 4.79 Å². The Bertz CT molecular complexity index is 421. The number of carbonyl (C=O) groups is 1. The topological polar surface area (TPSA) is 87.6 Å². The number of carbonyl (C=O) groups excluding carboxylic acids is 1. The van der Waals surface area contributed by atoms with E-state index in [-0.39, 0.29) is 0 Å². The summed E-state index contributed by atoms with van der Waals surface area (Å²) in [5.41, 5.74) is 11.8. The maximum Gasteiger partial charge on any atom is 0.258 e. The van der Waals surface area contributed by atoms with E-state index >= 15 is 0 Å². The quantitative estimate of drug-likeness (QED) is 0.747. The monoisotopic (exact) mass is 266 g/mol. The summed E-state index contributed by atoms with van der Waals surface area (Å²) in [6.07, 6.45) is 0.791. The van der Waals surface area contributed by atoms with Gasteiger partial charge in [-0.05, 0) is 18.9 Å². The predicted octanol–water partition coefficient (Wildman–Crippen LogP) is 1.58. The molecule has 0 spiro atoms. The SMILES string of the molecule is CCCOc1ccc(CN)c(OC(CC)C(N)=O)c1. The number of nitrogens with two attached hydrogens (primary N) is 2. The van der Waals surface area contributed by atoms with Crippen molar-refractivity contribution in [2.75, 3.05) is 6.61 Å². The molecule has 0 bridgehead atoms. The van der Waals surface area contributed by atoms with Gasteiger partial charge in [0.25, 0.3) is 5.91 Å². The Morgan fingerprint density at radius 3 is 2.63 bits per heavy atom. The van der Waals surface area contributed by atoms with Crippen molar-refractivity contribution in [3.05, 3.63) is 23.8 Å². The van der Waals surface area contributed by atoms with Gasteiger partial charge in [-0.2, -0.15) is 0 Å². The van der Waals surface area contributed by atoms with Crippen LogP contribution in [-0.2, 0) is 11.3 Å². The van der Waals surface area contributed by atoms with Gasteiger partial charge in [0.2, 0.25) is 0 Å². The largest absolute Gasteiger partial charge is 0.493 e. The maximum absolute atomic E-state index is 11.2. The summed E-state index contributed by atoms with van der Waals surface area (Å²) in [6.45, 7) is 4.84. The summed E-state index contributed by atoms with van der Waals surface area (Å²) in [5.74, 6) is 0.778. The van der Waals surface area contributed by atoms with E-state index in [1.54, 1.807) is 6.07 Å². The molecule has 5 heteroatoms. The lowest BCUT2D eigenvalue weighted by molar-refractivity contribution is -0.124. The van der Waals surface area contributed by atoms with Gasteiger partial charge in [0.15, 0.2) is 6.10 Å². The Labute approximate surface area is 113 Å². The zero-order chi connectivity index (χ0) is 14.3. The molecule has 0 aliphatic rings. The number of ether oxygens (including phenoxy) is 2. The third-order valence-electron chi connectivity index (χ3n) is 2.69. The number of hydrogen-bond donors (Lipinski definition) is 2. The van der Waals surface area contributed by atoms with Gasteiger partial charge in [-0.3, -0.25) is 4.79 Å². The van der Waals surface area contributed by atoms with E-state index in [1.165, 1.54) is 0 Å². The Hall–Kier alpha value is -1.75. The lowest BCUT2D eigenvalue weighted by Crippen LogP contribution is -2.33. The first-order valence-corrected chi connectivity index (χ1v) is 6.54. The first-order valence-electron chi connectivity index (χ1n) is 6.54. The molecule has 0 radical (unpaired) electrons. The van der Waals surface area contributed by atoms with E-state index in [0.29, 0.717) is 31.1 Å². The highest BCUT2D eigenvalue weighted by Crippen LogP contribution is 2.26. The van der Waals surface area contributed by atoms with Crippen LogP contribution in [0.2, 0.25) is 0 Å². The normalized spacial score (nSPS) is 11.9. The predicted molar refractivity (Wildman–Crippen MR) is 74.0 cm³/mol. The average Bonchev–Trinajstić information content (AvgIpc) is 2.42. The minimum atomic E-state index is -0.647. The Morgan fingerprint density at radius 1 is 1.37 bits per heavy atom. The smallest absolute Gasteiger partial charge is 0.258 e. The number of hydrogen-bond acceptors (Lipinski definition) is 4. The average molecular weight is 266 g/mol. The number of rotatable bonds is 8. The number of primary amides is 1. The highest BCUT2D eigenvalue weighted by atomic mass is 16.5. The molecule has 0 saturated heterocycles. The van der Waals surface area contributed by atoms with Crippen molar-refractivity contribution >= 4 is 5.91 Å². The van der Waals surface area contributed by atoms with Crippen molar-refractivity contribution in [2.45, 2.75) is 39.3 Å². The second-order valence-corrected chi connectivity index (χ2v) is 4.24. The molecule has 0 aromatic heterocycles. The van der Waals surface area contributed by atoms with E-state index in [4.69, 9.17) is 20.9 Å². The second-order valence-electron chi connectivity index (χ2n) is 4.24. The summed E-state index contributed by atoms with van der Waals surface area (Å²) >= 11 is 0. The maximum atomic E-state index is 11.2. The van der Waals surface area contributed by atoms with Gasteiger partial charge >= 0.3 is 0 Å².